The molecule has 1 atom stereocenters. The second-order valence-electron chi connectivity index (χ2n) is 7.49. The lowest BCUT2D eigenvalue weighted by Gasteiger charge is -2.27. The van der Waals surface area contributed by atoms with Gasteiger partial charge < -0.3 is 20.3 Å². The second-order valence-corrected chi connectivity index (χ2v) is 7.49. The van der Waals surface area contributed by atoms with E-state index in [4.69, 9.17) is 4.74 Å². The van der Waals surface area contributed by atoms with Crippen LogP contribution in [0, 0.1) is 0 Å². The van der Waals surface area contributed by atoms with Crippen molar-refractivity contribution in [2.24, 2.45) is 0 Å². The standard InChI is InChI=1S/C25H23N3O4/c1-16(29)26-19-12-13-22(32-2)21(14-19)27-24(30)23(17-8-4-3-5-9-17)28-15-18-10-6-7-11-20(18)25(28)31/h3-14,23H,15H2,1-2H3,(H,26,29)(H,27,30)/t23-/m0/s1. The number of carbonyl (C=O) groups is 3. The summed E-state index contributed by atoms with van der Waals surface area (Å²) < 4.78 is 5.38. The van der Waals surface area contributed by atoms with Crippen LogP contribution in [0.4, 0.5) is 11.4 Å². The fourth-order valence-corrected chi connectivity index (χ4v) is 3.88. The summed E-state index contributed by atoms with van der Waals surface area (Å²) in [5, 5.41) is 5.58. The number of nitrogens with zero attached hydrogens (tertiary/aromatic N) is 1. The van der Waals surface area contributed by atoms with Crippen molar-refractivity contribution in [1.29, 1.82) is 0 Å². The molecular weight excluding hydrogens is 406 g/mol. The van der Waals surface area contributed by atoms with E-state index in [1.54, 1.807) is 29.2 Å². The Morgan fingerprint density at radius 3 is 2.38 bits per heavy atom. The molecule has 0 spiro atoms. The number of ether oxygens (including phenoxy) is 1. The first-order valence-electron chi connectivity index (χ1n) is 10.2. The molecule has 7 nitrogen and oxygen atoms in total. The Bertz CT molecular complexity index is 1180. The first-order chi connectivity index (χ1) is 15.5. The number of amides is 3. The molecule has 1 aliphatic rings. The molecule has 1 aliphatic heterocycles. The van der Waals surface area contributed by atoms with Crippen LogP contribution in [0.5, 0.6) is 5.75 Å². The molecule has 0 saturated heterocycles. The van der Waals surface area contributed by atoms with E-state index in [1.807, 2.05) is 48.5 Å². The summed E-state index contributed by atoms with van der Waals surface area (Å²) in [6.45, 7) is 1.75. The molecule has 4 rings (SSSR count). The lowest BCUT2D eigenvalue weighted by Crippen LogP contribution is -2.37. The molecule has 0 unspecified atom stereocenters. The van der Waals surface area contributed by atoms with E-state index in [0.29, 0.717) is 34.8 Å². The van der Waals surface area contributed by atoms with Gasteiger partial charge in [0, 0.05) is 24.7 Å². The van der Waals surface area contributed by atoms with Crippen LogP contribution in [0.3, 0.4) is 0 Å². The van der Waals surface area contributed by atoms with E-state index in [0.717, 1.165) is 5.56 Å². The van der Waals surface area contributed by atoms with Gasteiger partial charge in [0.1, 0.15) is 11.8 Å². The summed E-state index contributed by atoms with van der Waals surface area (Å²) in [6, 6.07) is 20.7. The zero-order chi connectivity index (χ0) is 22.7. The van der Waals surface area contributed by atoms with Gasteiger partial charge in [0.25, 0.3) is 11.8 Å². The summed E-state index contributed by atoms with van der Waals surface area (Å²) in [5.41, 5.74) is 3.11. The lowest BCUT2D eigenvalue weighted by molar-refractivity contribution is -0.120. The van der Waals surface area contributed by atoms with E-state index >= 15 is 0 Å². The Morgan fingerprint density at radius 1 is 0.969 bits per heavy atom. The van der Waals surface area contributed by atoms with Gasteiger partial charge in [-0.15, -0.1) is 0 Å². The molecule has 0 fully saturated rings. The SMILES string of the molecule is COc1ccc(NC(C)=O)cc1NC(=O)[C@H](c1ccccc1)N1Cc2ccccc2C1=O. The van der Waals surface area contributed by atoms with Crippen molar-refractivity contribution in [2.45, 2.75) is 19.5 Å². The Kier molecular flexibility index (Phi) is 5.89. The first-order valence-corrected chi connectivity index (χ1v) is 10.2. The molecule has 0 radical (unpaired) electrons. The first kappa shape index (κ1) is 21.1. The van der Waals surface area contributed by atoms with Gasteiger partial charge in [-0.1, -0.05) is 48.5 Å². The maximum Gasteiger partial charge on any atom is 0.255 e. The maximum atomic E-state index is 13.6. The monoisotopic (exact) mass is 429 g/mol. The van der Waals surface area contributed by atoms with E-state index < -0.39 is 6.04 Å². The van der Waals surface area contributed by atoms with Crippen molar-refractivity contribution >= 4 is 29.1 Å². The molecule has 0 aromatic heterocycles. The van der Waals surface area contributed by atoms with Gasteiger partial charge in [0.15, 0.2) is 0 Å². The van der Waals surface area contributed by atoms with Crippen LogP contribution in [0.15, 0.2) is 72.8 Å². The normalized spacial score (nSPS) is 13.3. The van der Waals surface area contributed by atoms with Crippen LogP contribution in [0.2, 0.25) is 0 Å². The van der Waals surface area contributed by atoms with E-state index in [2.05, 4.69) is 10.6 Å². The molecule has 162 valence electrons. The van der Waals surface area contributed by atoms with Gasteiger partial charge in [0.2, 0.25) is 5.91 Å². The zero-order valence-corrected chi connectivity index (χ0v) is 17.8. The van der Waals surface area contributed by atoms with Crippen molar-refractivity contribution in [1.82, 2.24) is 4.90 Å². The van der Waals surface area contributed by atoms with Crippen molar-refractivity contribution in [3.8, 4) is 5.75 Å². The summed E-state index contributed by atoms with van der Waals surface area (Å²) in [4.78, 5) is 39.7. The third kappa shape index (κ3) is 4.18. The maximum absolute atomic E-state index is 13.6. The van der Waals surface area contributed by atoms with Crippen molar-refractivity contribution in [2.75, 3.05) is 17.7 Å². The Hall–Kier alpha value is -4.13. The van der Waals surface area contributed by atoms with E-state index in [-0.39, 0.29) is 17.7 Å². The Labute approximate surface area is 186 Å². The second kappa shape index (κ2) is 8.93. The molecular formula is C25H23N3O4. The fraction of sp³-hybridized carbons (Fsp3) is 0.160. The molecule has 0 bridgehead atoms. The molecule has 3 aromatic carbocycles. The third-order valence-corrected chi connectivity index (χ3v) is 5.30. The highest BCUT2D eigenvalue weighted by atomic mass is 16.5. The minimum atomic E-state index is -0.842. The minimum Gasteiger partial charge on any atom is -0.495 e. The van der Waals surface area contributed by atoms with Crippen LogP contribution in [-0.4, -0.2) is 29.7 Å². The van der Waals surface area contributed by atoms with Crippen LogP contribution in [-0.2, 0) is 16.1 Å². The summed E-state index contributed by atoms with van der Waals surface area (Å²) in [7, 11) is 1.50. The van der Waals surface area contributed by atoms with Gasteiger partial charge in [-0.2, -0.15) is 0 Å². The molecule has 3 amide bonds. The largest absolute Gasteiger partial charge is 0.495 e. The lowest BCUT2D eigenvalue weighted by atomic mass is 10.0. The van der Waals surface area contributed by atoms with Crippen molar-refractivity contribution in [3.05, 3.63) is 89.5 Å². The molecule has 1 heterocycles. The van der Waals surface area contributed by atoms with Gasteiger partial charge in [-0.05, 0) is 35.4 Å². The molecule has 7 heteroatoms. The summed E-state index contributed by atoms with van der Waals surface area (Å²) >= 11 is 0. The average molecular weight is 429 g/mol. The Morgan fingerprint density at radius 2 is 1.69 bits per heavy atom. The Balaban J connectivity index is 1.68. The number of fused-ring (bicyclic) bond motifs is 1. The molecule has 3 aromatic rings. The molecule has 32 heavy (non-hydrogen) atoms. The van der Waals surface area contributed by atoms with Gasteiger partial charge in [-0.3, -0.25) is 14.4 Å². The smallest absolute Gasteiger partial charge is 0.255 e. The van der Waals surface area contributed by atoms with Gasteiger partial charge in [-0.25, -0.2) is 0 Å². The molecule has 0 aliphatic carbocycles. The fourth-order valence-electron chi connectivity index (χ4n) is 3.88. The number of carbonyl (C=O) groups excluding carboxylic acids is 3. The summed E-state index contributed by atoms with van der Waals surface area (Å²) in [6.07, 6.45) is 0. The number of benzene rings is 3. The molecule has 0 saturated carbocycles. The van der Waals surface area contributed by atoms with Crippen LogP contribution in [0.25, 0.3) is 0 Å². The minimum absolute atomic E-state index is 0.191. The van der Waals surface area contributed by atoms with E-state index in [1.165, 1.54) is 14.0 Å². The molecule has 2 N–H and O–H groups in total. The highest BCUT2D eigenvalue weighted by Crippen LogP contribution is 2.34. The van der Waals surface area contributed by atoms with Crippen molar-refractivity contribution in [3.63, 3.8) is 0 Å². The summed E-state index contributed by atoms with van der Waals surface area (Å²) in [5.74, 6) is -0.357. The third-order valence-electron chi connectivity index (χ3n) is 5.30. The van der Waals surface area contributed by atoms with Crippen LogP contribution >= 0.6 is 0 Å². The van der Waals surface area contributed by atoms with Gasteiger partial charge in [0.05, 0.1) is 12.8 Å². The highest BCUT2D eigenvalue weighted by molar-refractivity contribution is 6.04. The quantitative estimate of drug-likeness (QED) is 0.620. The van der Waals surface area contributed by atoms with Crippen LogP contribution in [0.1, 0.15) is 34.5 Å². The van der Waals surface area contributed by atoms with Crippen LogP contribution < -0.4 is 15.4 Å². The number of rotatable bonds is 6. The predicted octanol–water partition coefficient (Wildman–Crippen LogP) is 3.99. The van der Waals surface area contributed by atoms with Gasteiger partial charge >= 0.3 is 0 Å². The number of hydrogen-bond acceptors (Lipinski definition) is 4. The average Bonchev–Trinajstić information content (AvgIpc) is 3.11. The van der Waals surface area contributed by atoms with E-state index in [9.17, 15) is 14.4 Å². The number of anilines is 2. The number of nitrogens with one attached hydrogen (secondary N) is 2. The zero-order valence-electron chi connectivity index (χ0n) is 17.8. The topological polar surface area (TPSA) is 87.7 Å². The number of methoxy groups -OCH3 is 1. The predicted molar refractivity (Wildman–Crippen MR) is 121 cm³/mol. The highest BCUT2D eigenvalue weighted by Gasteiger charge is 2.37. The number of hydrogen-bond donors (Lipinski definition) is 2. The van der Waals surface area contributed by atoms with Crippen molar-refractivity contribution < 1.29 is 19.1 Å².